The second-order valence-corrected chi connectivity index (χ2v) is 4.04. The van der Waals surface area contributed by atoms with Crippen LogP contribution in [0, 0.1) is 11.6 Å². The van der Waals surface area contributed by atoms with E-state index < -0.39 is 17.5 Å². The molecule has 0 spiro atoms. The van der Waals surface area contributed by atoms with Crippen LogP contribution in [0.4, 0.5) is 20.2 Å². The molecule has 6 heteroatoms. The molecule has 2 rings (SSSR count). The summed E-state index contributed by atoms with van der Waals surface area (Å²) < 4.78 is 26.2. The maximum atomic E-state index is 13.4. The predicted molar refractivity (Wildman–Crippen MR) is 72.7 cm³/mol. The van der Waals surface area contributed by atoms with Gasteiger partial charge >= 0.3 is 0 Å². The van der Waals surface area contributed by atoms with Gasteiger partial charge in [0.15, 0.2) is 0 Å². The molecule has 1 amide bonds. The molecule has 0 aliphatic heterocycles. The van der Waals surface area contributed by atoms with Crippen molar-refractivity contribution in [2.75, 3.05) is 17.2 Å². The van der Waals surface area contributed by atoms with Crippen LogP contribution in [0.1, 0.15) is 17.4 Å². The van der Waals surface area contributed by atoms with Crippen molar-refractivity contribution in [3.8, 4) is 0 Å². The number of pyridine rings is 1. The molecule has 0 saturated heterocycles. The van der Waals surface area contributed by atoms with Crippen LogP contribution in [0.15, 0.2) is 36.5 Å². The van der Waals surface area contributed by atoms with E-state index >= 15 is 0 Å². The summed E-state index contributed by atoms with van der Waals surface area (Å²) in [5.41, 5.74) is 0.848. The summed E-state index contributed by atoms with van der Waals surface area (Å²) in [6, 6.07) is 6.16. The lowest BCUT2D eigenvalue weighted by molar-refractivity contribution is 0.102. The highest BCUT2D eigenvalue weighted by Gasteiger charge is 2.11. The van der Waals surface area contributed by atoms with Gasteiger partial charge in [0.1, 0.15) is 17.3 Å². The van der Waals surface area contributed by atoms with Gasteiger partial charge in [0.25, 0.3) is 5.91 Å². The second kappa shape index (κ2) is 6.10. The quantitative estimate of drug-likeness (QED) is 0.903. The number of hydrogen-bond acceptors (Lipinski definition) is 3. The average Bonchev–Trinajstić information content (AvgIpc) is 2.43. The Morgan fingerprint density at radius 3 is 2.65 bits per heavy atom. The SMILES string of the molecule is CCNc1ccc(C(=O)Nc2ccc(F)cc2F)nc1. The maximum absolute atomic E-state index is 13.4. The number of carbonyl (C=O) groups is 1. The summed E-state index contributed by atoms with van der Waals surface area (Å²) in [5.74, 6) is -2.09. The number of hydrogen-bond donors (Lipinski definition) is 2. The normalized spacial score (nSPS) is 10.2. The van der Waals surface area contributed by atoms with Gasteiger partial charge in [0, 0.05) is 12.6 Å². The van der Waals surface area contributed by atoms with Crippen molar-refractivity contribution in [2.45, 2.75) is 6.92 Å². The fourth-order valence-electron chi connectivity index (χ4n) is 1.61. The minimum Gasteiger partial charge on any atom is -0.384 e. The highest BCUT2D eigenvalue weighted by atomic mass is 19.1. The van der Waals surface area contributed by atoms with Crippen molar-refractivity contribution in [3.05, 3.63) is 53.9 Å². The number of carbonyl (C=O) groups excluding carboxylic acids is 1. The molecule has 2 aromatic rings. The fraction of sp³-hybridized carbons (Fsp3) is 0.143. The zero-order chi connectivity index (χ0) is 14.5. The van der Waals surface area contributed by atoms with E-state index in [1.54, 1.807) is 6.07 Å². The molecule has 0 unspecified atom stereocenters. The van der Waals surface area contributed by atoms with E-state index in [-0.39, 0.29) is 11.4 Å². The van der Waals surface area contributed by atoms with Gasteiger partial charge in [0.05, 0.1) is 17.6 Å². The Morgan fingerprint density at radius 1 is 1.25 bits per heavy atom. The molecular weight excluding hydrogens is 264 g/mol. The number of aromatic nitrogens is 1. The van der Waals surface area contributed by atoms with Crippen LogP contribution in [-0.2, 0) is 0 Å². The number of anilines is 2. The molecule has 4 nitrogen and oxygen atoms in total. The highest BCUT2D eigenvalue weighted by Crippen LogP contribution is 2.16. The van der Waals surface area contributed by atoms with Gasteiger partial charge in [-0.2, -0.15) is 0 Å². The third kappa shape index (κ3) is 3.28. The van der Waals surface area contributed by atoms with E-state index in [9.17, 15) is 13.6 Å². The Morgan fingerprint density at radius 2 is 2.05 bits per heavy atom. The first kappa shape index (κ1) is 13.9. The maximum Gasteiger partial charge on any atom is 0.274 e. The highest BCUT2D eigenvalue weighted by molar-refractivity contribution is 6.03. The van der Waals surface area contributed by atoms with Crippen LogP contribution < -0.4 is 10.6 Å². The van der Waals surface area contributed by atoms with E-state index in [0.717, 1.165) is 24.4 Å². The van der Waals surface area contributed by atoms with Crippen LogP contribution in [-0.4, -0.2) is 17.4 Å². The van der Waals surface area contributed by atoms with Crippen LogP contribution in [0.25, 0.3) is 0 Å². The average molecular weight is 277 g/mol. The van der Waals surface area contributed by atoms with Crippen LogP contribution >= 0.6 is 0 Å². The standard InChI is InChI=1S/C14H13F2N3O/c1-2-17-10-4-6-13(18-8-10)14(20)19-12-5-3-9(15)7-11(12)16/h3-8,17H,2H2,1H3,(H,19,20). The van der Waals surface area contributed by atoms with Crippen molar-refractivity contribution < 1.29 is 13.6 Å². The first-order valence-electron chi connectivity index (χ1n) is 6.06. The summed E-state index contributed by atoms with van der Waals surface area (Å²) >= 11 is 0. The van der Waals surface area contributed by atoms with E-state index in [1.807, 2.05) is 6.92 Å². The molecule has 104 valence electrons. The van der Waals surface area contributed by atoms with Gasteiger partial charge in [-0.05, 0) is 31.2 Å². The van der Waals surface area contributed by atoms with Crippen LogP contribution in [0.2, 0.25) is 0 Å². The first-order chi connectivity index (χ1) is 9.60. The Bertz CT molecular complexity index is 614. The van der Waals surface area contributed by atoms with Crippen LogP contribution in [0.5, 0.6) is 0 Å². The molecule has 1 aromatic heterocycles. The van der Waals surface area contributed by atoms with Crippen molar-refractivity contribution in [3.63, 3.8) is 0 Å². The number of rotatable bonds is 4. The minimum atomic E-state index is -0.831. The predicted octanol–water partition coefficient (Wildman–Crippen LogP) is 3.04. The topological polar surface area (TPSA) is 54.0 Å². The van der Waals surface area contributed by atoms with Gasteiger partial charge in [-0.1, -0.05) is 0 Å². The first-order valence-corrected chi connectivity index (χ1v) is 6.06. The lowest BCUT2D eigenvalue weighted by atomic mass is 10.2. The molecule has 0 fully saturated rings. The Balaban J connectivity index is 2.11. The fourth-order valence-corrected chi connectivity index (χ4v) is 1.61. The second-order valence-electron chi connectivity index (χ2n) is 4.04. The summed E-state index contributed by atoms with van der Waals surface area (Å²) in [6.45, 7) is 2.69. The van der Waals surface area contributed by atoms with Gasteiger partial charge in [-0.15, -0.1) is 0 Å². The molecule has 0 atom stereocenters. The molecule has 0 radical (unpaired) electrons. The molecule has 0 aliphatic rings. The lowest BCUT2D eigenvalue weighted by Crippen LogP contribution is -2.14. The number of nitrogens with zero attached hydrogens (tertiary/aromatic N) is 1. The molecule has 20 heavy (non-hydrogen) atoms. The van der Waals surface area contributed by atoms with E-state index in [1.165, 1.54) is 12.3 Å². The number of benzene rings is 1. The van der Waals surface area contributed by atoms with Crippen LogP contribution in [0.3, 0.4) is 0 Å². The van der Waals surface area contributed by atoms with E-state index in [2.05, 4.69) is 15.6 Å². The Hall–Kier alpha value is -2.50. The number of halogens is 2. The van der Waals surface area contributed by atoms with Crippen molar-refractivity contribution in [1.82, 2.24) is 4.98 Å². The third-order valence-electron chi connectivity index (χ3n) is 2.56. The Kier molecular flexibility index (Phi) is 4.24. The van der Waals surface area contributed by atoms with Gasteiger partial charge in [-0.3, -0.25) is 4.79 Å². The molecule has 2 N–H and O–H groups in total. The van der Waals surface area contributed by atoms with E-state index in [0.29, 0.717) is 6.07 Å². The smallest absolute Gasteiger partial charge is 0.274 e. The number of amides is 1. The third-order valence-corrected chi connectivity index (χ3v) is 2.56. The van der Waals surface area contributed by atoms with Crippen molar-refractivity contribution in [2.24, 2.45) is 0 Å². The minimum absolute atomic E-state index is 0.0889. The summed E-state index contributed by atoms with van der Waals surface area (Å²) in [7, 11) is 0. The zero-order valence-corrected chi connectivity index (χ0v) is 10.8. The summed E-state index contributed by atoms with van der Waals surface area (Å²) in [6.07, 6.45) is 1.51. The number of nitrogens with one attached hydrogen (secondary N) is 2. The largest absolute Gasteiger partial charge is 0.384 e. The summed E-state index contributed by atoms with van der Waals surface area (Å²) in [5, 5.41) is 5.38. The molecule has 1 aromatic carbocycles. The van der Waals surface area contributed by atoms with Crippen molar-refractivity contribution >= 4 is 17.3 Å². The van der Waals surface area contributed by atoms with E-state index in [4.69, 9.17) is 0 Å². The monoisotopic (exact) mass is 277 g/mol. The molecule has 1 heterocycles. The molecular formula is C14H13F2N3O. The van der Waals surface area contributed by atoms with Crippen molar-refractivity contribution in [1.29, 1.82) is 0 Å². The summed E-state index contributed by atoms with van der Waals surface area (Å²) in [4.78, 5) is 15.8. The lowest BCUT2D eigenvalue weighted by Gasteiger charge is -2.07. The Labute approximate surface area is 114 Å². The van der Waals surface area contributed by atoms with Gasteiger partial charge in [0.2, 0.25) is 0 Å². The molecule has 0 aliphatic carbocycles. The molecule has 0 saturated carbocycles. The zero-order valence-electron chi connectivity index (χ0n) is 10.8. The molecule has 0 bridgehead atoms. The van der Waals surface area contributed by atoms with Gasteiger partial charge in [-0.25, -0.2) is 13.8 Å². The van der Waals surface area contributed by atoms with Gasteiger partial charge < -0.3 is 10.6 Å².